The molecular formula is C22H25N3O2S. The number of hydrogen-bond acceptors (Lipinski definition) is 4. The molecule has 146 valence electrons. The summed E-state index contributed by atoms with van der Waals surface area (Å²) in [6.07, 6.45) is 5.69. The third-order valence-corrected chi connectivity index (χ3v) is 6.92. The van der Waals surface area contributed by atoms with Crippen molar-refractivity contribution < 1.29 is 8.42 Å². The van der Waals surface area contributed by atoms with Crippen molar-refractivity contribution in [1.29, 1.82) is 0 Å². The maximum Gasteiger partial charge on any atom is 0.241 e. The summed E-state index contributed by atoms with van der Waals surface area (Å²) < 4.78 is 28.6. The molecule has 28 heavy (non-hydrogen) atoms. The van der Waals surface area contributed by atoms with Crippen LogP contribution in [0.3, 0.4) is 0 Å². The first-order valence-corrected chi connectivity index (χ1v) is 11.2. The highest BCUT2D eigenvalue weighted by Crippen LogP contribution is 2.24. The summed E-state index contributed by atoms with van der Waals surface area (Å²) >= 11 is 0. The minimum Gasteiger partial charge on any atom is -0.299 e. The molecule has 0 atom stereocenters. The molecule has 6 heteroatoms. The summed E-state index contributed by atoms with van der Waals surface area (Å²) in [5.74, 6) is 0.370. The van der Waals surface area contributed by atoms with Crippen molar-refractivity contribution in [2.24, 2.45) is 5.92 Å². The monoisotopic (exact) mass is 395 g/mol. The Balaban J connectivity index is 1.34. The molecule has 1 N–H and O–H groups in total. The van der Waals surface area contributed by atoms with Crippen molar-refractivity contribution >= 4 is 20.8 Å². The summed E-state index contributed by atoms with van der Waals surface area (Å²) in [5, 5.41) is 1.71. The van der Waals surface area contributed by atoms with Gasteiger partial charge >= 0.3 is 0 Å². The van der Waals surface area contributed by atoms with Gasteiger partial charge in [-0.3, -0.25) is 9.88 Å². The number of hydrogen-bond donors (Lipinski definition) is 1. The smallest absolute Gasteiger partial charge is 0.241 e. The standard InChI is InChI=1S/C22H25N3O2S/c26-28(27,22-9-3-7-20-6-1-2-8-21(20)22)24-16-18-10-13-25(14-11-18)17-19-5-4-12-23-15-19/h1-9,12,15,18,24H,10-11,13-14,16-17H2. The van der Waals surface area contributed by atoms with E-state index >= 15 is 0 Å². The molecule has 0 aliphatic carbocycles. The fourth-order valence-corrected chi connectivity index (χ4v) is 5.18. The molecular weight excluding hydrogens is 370 g/mol. The first-order chi connectivity index (χ1) is 13.6. The molecule has 1 aromatic heterocycles. The van der Waals surface area contributed by atoms with E-state index in [1.165, 1.54) is 5.56 Å². The van der Waals surface area contributed by atoms with Gasteiger partial charge in [-0.15, -0.1) is 0 Å². The Morgan fingerprint density at radius 1 is 1.00 bits per heavy atom. The van der Waals surface area contributed by atoms with Crippen LogP contribution < -0.4 is 4.72 Å². The molecule has 0 saturated carbocycles. The van der Waals surface area contributed by atoms with Gasteiger partial charge in [-0.1, -0.05) is 42.5 Å². The second-order valence-corrected chi connectivity index (χ2v) is 9.15. The van der Waals surface area contributed by atoms with Crippen molar-refractivity contribution in [3.63, 3.8) is 0 Å². The van der Waals surface area contributed by atoms with E-state index in [-0.39, 0.29) is 0 Å². The summed E-state index contributed by atoms with van der Waals surface area (Å²) in [7, 11) is -3.52. The van der Waals surface area contributed by atoms with Crippen LogP contribution in [0.4, 0.5) is 0 Å². The minimum absolute atomic E-state index is 0.361. The lowest BCUT2D eigenvalue weighted by molar-refractivity contribution is 0.178. The van der Waals surface area contributed by atoms with E-state index in [9.17, 15) is 8.42 Å². The van der Waals surface area contributed by atoms with Gasteiger partial charge in [0.1, 0.15) is 0 Å². The van der Waals surface area contributed by atoms with Crippen LogP contribution in [-0.4, -0.2) is 37.9 Å². The van der Waals surface area contributed by atoms with Crippen LogP contribution in [0.5, 0.6) is 0 Å². The summed E-state index contributed by atoms with van der Waals surface area (Å²) in [6.45, 7) is 3.36. The lowest BCUT2D eigenvalue weighted by Gasteiger charge is -2.32. The number of aromatic nitrogens is 1. The fraction of sp³-hybridized carbons (Fsp3) is 0.318. The molecule has 1 aliphatic heterocycles. The van der Waals surface area contributed by atoms with Crippen molar-refractivity contribution in [2.75, 3.05) is 19.6 Å². The van der Waals surface area contributed by atoms with E-state index in [0.29, 0.717) is 17.4 Å². The van der Waals surface area contributed by atoms with Gasteiger partial charge in [-0.2, -0.15) is 0 Å². The van der Waals surface area contributed by atoms with E-state index in [2.05, 4.69) is 20.7 Å². The number of nitrogens with one attached hydrogen (secondary N) is 1. The Labute approximate surface area is 166 Å². The van der Waals surface area contributed by atoms with Crippen LogP contribution in [-0.2, 0) is 16.6 Å². The Morgan fingerprint density at radius 2 is 1.79 bits per heavy atom. The Bertz CT molecular complexity index is 1020. The van der Waals surface area contributed by atoms with Gasteiger partial charge in [-0.05, 0) is 54.9 Å². The highest BCUT2D eigenvalue weighted by molar-refractivity contribution is 7.89. The number of nitrogens with zero attached hydrogens (tertiary/aromatic N) is 2. The quantitative estimate of drug-likeness (QED) is 0.695. The third kappa shape index (κ3) is 4.41. The first-order valence-electron chi connectivity index (χ1n) is 9.70. The Morgan fingerprint density at radius 3 is 2.57 bits per heavy atom. The SMILES string of the molecule is O=S(=O)(NCC1CCN(Cc2cccnc2)CC1)c1cccc2ccccc12. The average Bonchev–Trinajstić information content (AvgIpc) is 2.74. The van der Waals surface area contributed by atoms with Crippen molar-refractivity contribution in [3.8, 4) is 0 Å². The van der Waals surface area contributed by atoms with Gasteiger partial charge in [0.25, 0.3) is 0 Å². The number of benzene rings is 2. The van der Waals surface area contributed by atoms with Gasteiger partial charge < -0.3 is 0 Å². The van der Waals surface area contributed by atoms with E-state index in [4.69, 9.17) is 0 Å². The van der Waals surface area contributed by atoms with Gasteiger partial charge in [0, 0.05) is 30.9 Å². The lowest BCUT2D eigenvalue weighted by Crippen LogP contribution is -2.38. The summed E-state index contributed by atoms with van der Waals surface area (Å²) in [4.78, 5) is 6.94. The molecule has 0 bridgehead atoms. The molecule has 5 nitrogen and oxygen atoms in total. The van der Waals surface area contributed by atoms with Crippen LogP contribution >= 0.6 is 0 Å². The molecule has 0 unspecified atom stereocenters. The zero-order valence-electron chi connectivity index (χ0n) is 15.8. The topological polar surface area (TPSA) is 62.3 Å². The van der Waals surface area contributed by atoms with E-state index < -0.39 is 10.0 Å². The van der Waals surface area contributed by atoms with Crippen LogP contribution in [0.15, 0.2) is 71.9 Å². The molecule has 1 fully saturated rings. The van der Waals surface area contributed by atoms with Gasteiger partial charge in [0.15, 0.2) is 0 Å². The second kappa shape index (κ2) is 8.39. The van der Waals surface area contributed by atoms with Crippen LogP contribution in [0, 0.1) is 5.92 Å². The number of rotatable bonds is 6. The number of pyridine rings is 1. The van der Waals surface area contributed by atoms with E-state index in [0.717, 1.165) is 43.2 Å². The number of piperidine rings is 1. The zero-order chi connectivity index (χ0) is 19.4. The molecule has 2 heterocycles. The predicted molar refractivity (Wildman–Crippen MR) is 111 cm³/mol. The summed E-state index contributed by atoms with van der Waals surface area (Å²) in [6, 6.07) is 17.1. The summed E-state index contributed by atoms with van der Waals surface area (Å²) in [5.41, 5.74) is 1.22. The number of sulfonamides is 1. The van der Waals surface area contributed by atoms with Crippen molar-refractivity contribution in [1.82, 2.24) is 14.6 Å². The molecule has 1 aliphatic rings. The molecule has 2 aromatic carbocycles. The predicted octanol–water partition coefficient (Wildman–Crippen LogP) is 3.43. The highest BCUT2D eigenvalue weighted by Gasteiger charge is 2.23. The number of likely N-dealkylation sites (tertiary alicyclic amines) is 1. The van der Waals surface area contributed by atoms with Crippen LogP contribution in [0.25, 0.3) is 10.8 Å². The Hall–Kier alpha value is -2.28. The molecule has 4 rings (SSSR count). The Kier molecular flexibility index (Phi) is 5.71. The van der Waals surface area contributed by atoms with E-state index in [1.54, 1.807) is 18.3 Å². The average molecular weight is 396 g/mol. The fourth-order valence-electron chi connectivity index (χ4n) is 3.83. The third-order valence-electron chi connectivity index (χ3n) is 5.44. The van der Waals surface area contributed by atoms with Crippen molar-refractivity contribution in [3.05, 3.63) is 72.6 Å². The van der Waals surface area contributed by atoms with Gasteiger partial charge in [-0.25, -0.2) is 13.1 Å². The minimum atomic E-state index is -3.52. The van der Waals surface area contributed by atoms with Gasteiger partial charge in [0.05, 0.1) is 4.90 Å². The normalized spacial score (nSPS) is 16.4. The maximum atomic E-state index is 12.9. The van der Waals surface area contributed by atoms with Crippen LogP contribution in [0.2, 0.25) is 0 Å². The second-order valence-electron chi connectivity index (χ2n) is 7.41. The molecule has 1 saturated heterocycles. The number of fused-ring (bicyclic) bond motifs is 1. The lowest BCUT2D eigenvalue weighted by atomic mass is 9.97. The largest absolute Gasteiger partial charge is 0.299 e. The highest BCUT2D eigenvalue weighted by atomic mass is 32.2. The molecule has 3 aromatic rings. The first kappa shape index (κ1) is 19.1. The van der Waals surface area contributed by atoms with Crippen molar-refractivity contribution in [2.45, 2.75) is 24.3 Å². The van der Waals surface area contributed by atoms with Crippen LogP contribution in [0.1, 0.15) is 18.4 Å². The van der Waals surface area contributed by atoms with E-state index in [1.807, 2.05) is 42.6 Å². The molecule has 0 amide bonds. The van der Waals surface area contributed by atoms with Gasteiger partial charge in [0.2, 0.25) is 10.0 Å². The zero-order valence-corrected chi connectivity index (χ0v) is 16.6. The molecule has 0 radical (unpaired) electrons. The molecule has 0 spiro atoms. The maximum absolute atomic E-state index is 12.9.